The highest BCUT2D eigenvalue weighted by Crippen LogP contribution is 2.32. The van der Waals surface area contributed by atoms with E-state index in [1.165, 1.54) is 5.56 Å². The Hall–Kier alpha value is -3.05. The van der Waals surface area contributed by atoms with Gasteiger partial charge in [0.2, 0.25) is 0 Å². The largest absolute Gasteiger partial charge is 0.478 e. The molecule has 5 heteroatoms. The van der Waals surface area contributed by atoms with Crippen LogP contribution in [0.5, 0.6) is 0 Å². The average Bonchev–Trinajstić information content (AvgIpc) is 3.17. The van der Waals surface area contributed by atoms with Crippen LogP contribution < -0.4 is 0 Å². The normalized spacial score (nSPS) is 17.0. The van der Waals surface area contributed by atoms with Crippen LogP contribution in [0.15, 0.2) is 60.9 Å². The lowest BCUT2D eigenvalue weighted by atomic mass is 9.98. The molecule has 0 unspecified atom stereocenters. The van der Waals surface area contributed by atoms with Crippen LogP contribution in [-0.4, -0.2) is 32.5 Å². The summed E-state index contributed by atoms with van der Waals surface area (Å²) in [5.41, 5.74) is 5.20. The van der Waals surface area contributed by atoms with Crippen LogP contribution in [0.3, 0.4) is 0 Å². The van der Waals surface area contributed by atoms with Gasteiger partial charge in [-0.2, -0.15) is 0 Å². The van der Waals surface area contributed by atoms with E-state index in [2.05, 4.69) is 27.0 Å². The van der Waals surface area contributed by atoms with Crippen molar-refractivity contribution >= 4 is 5.97 Å². The first kappa shape index (κ1) is 18.3. The van der Waals surface area contributed by atoms with Gasteiger partial charge in [-0.1, -0.05) is 42.5 Å². The van der Waals surface area contributed by atoms with Gasteiger partial charge in [0.25, 0.3) is 0 Å². The lowest BCUT2D eigenvalue weighted by Crippen LogP contribution is -2.23. The Morgan fingerprint density at radius 2 is 1.93 bits per heavy atom. The zero-order valence-corrected chi connectivity index (χ0v) is 15.9. The molecule has 5 nitrogen and oxygen atoms in total. The second-order valence-electron chi connectivity index (χ2n) is 7.26. The predicted octanol–water partition coefficient (Wildman–Crippen LogP) is 4.49. The number of rotatable bonds is 5. The maximum Gasteiger partial charge on any atom is 0.336 e. The molecule has 1 N–H and O–H groups in total. The van der Waals surface area contributed by atoms with Crippen LogP contribution in [0, 0.1) is 6.92 Å². The third-order valence-electron chi connectivity index (χ3n) is 5.29. The van der Waals surface area contributed by atoms with Gasteiger partial charge < -0.3 is 5.11 Å². The molecular weight excluding hydrogens is 350 g/mol. The third kappa shape index (κ3) is 3.80. The molecule has 0 bridgehead atoms. The lowest BCUT2D eigenvalue weighted by Gasteiger charge is -2.24. The number of aromatic nitrogens is 2. The zero-order valence-electron chi connectivity index (χ0n) is 15.9. The van der Waals surface area contributed by atoms with Crippen molar-refractivity contribution < 1.29 is 9.90 Å². The van der Waals surface area contributed by atoms with E-state index in [1.54, 1.807) is 18.3 Å². The summed E-state index contributed by atoms with van der Waals surface area (Å²) >= 11 is 0. The molecule has 1 aliphatic rings. The van der Waals surface area contributed by atoms with Gasteiger partial charge in [0.05, 0.1) is 23.0 Å². The molecule has 2 heterocycles. The number of carboxylic acid groups (broad SMARTS) is 1. The van der Waals surface area contributed by atoms with E-state index < -0.39 is 5.97 Å². The van der Waals surface area contributed by atoms with Crippen molar-refractivity contribution in [3.63, 3.8) is 0 Å². The fraction of sp³-hybridized carbons (Fsp3) is 0.261. The molecule has 2 aromatic carbocycles. The molecule has 1 fully saturated rings. The molecule has 0 aliphatic carbocycles. The smallest absolute Gasteiger partial charge is 0.336 e. The molecule has 1 aliphatic heterocycles. The second kappa shape index (κ2) is 7.90. The minimum absolute atomic E-state index is 0.305. The van der Waals surface area contributed by atoms with Gasteiger partial charge in [0.15, 0.2) is 0 Å². The summed E-state index contributed by atoms with van der Waals surface area (Å²) in [6.07, 6.45) is 5.92. The van der Waals surface area contributed by atoms with Gasteiger partial charge >= 0.3 is 5.97 Å². The number of nitrogens with zero attached hydrogens (tertiary/aromatic N) is 3. The Kier molecular flexibility index (Phi) is 5.17. The van der Waals surface area contributed by atoms with Gasteiger partial charge in [-0.15, -0.1) is 0 Å². The first-order valence-corrected chi connectivity index (χ1v) is 9.56. The average molecular weight is 373 g/mol. The van der Waals surface area contributed by atoms with Crippen molar-refractivity contribution in [1.29, 1.82) is 0 Å². The van der Waals surface area contributed by atoms with Crippen LogP contribution in [0.1, 0.15) is 46.2 Å². The first-order chi connectivity index (χ1) is 13.6. The summed E-state index contributed by atoms with van der Waals surface area (Å²) in [7, 11) is 0. The SMILES string of the molecule is Cc1cncc([C@H]2CCCN2Cc2ccc(-c3ccccc3C(=O)O)cc2)n1. The number of benzene rings is 2. The Morgan fingerprint density at radius 1 is 1.14 bits per heavy atom. The highest BCUT2D eigenvalue weighted by Gasteiger charge is 2.27. The lowest BCUT2D eigenvalue weighted by molar-refractivity contribution is 0.0697. The standard InChI is InChI=1S/C23H23N3O2/c1-16-13-24-14-21(25-16)22-7-4-12-26(22)15-17-8-10-18(11-9-17)19-5-2-3-6-20(19)23(27)28/h2-3,5-6,8-11,13-14,22H,4,7,12,15H2,1H3,(H,27,28)/t22-/m1/s1. The van der Waals surface area contributed by atoms with E-state index in [1.807, 2.05) is 37.4 Å². The number of aryl methyl sites for hydroxylation is 1. The minimum Gasteiger partial charge on any atom is -0.478 e. The number of hydrogen-bond acceptors (Lipinski definition) is 4. The molecule has 28 heavy (non-hydrogen) atoms. The van der Waals surface area contributed by atoms with E-state index in [9.17, 15) is 9.90 Å². The van der Waals surface area contributed by atoms with Crippen molar-refractivity contribution in [3.8, 4) is 11.1 Å². The quantitative estimate of drug-likeness (QED) is 0.714. The van der Waals surface area contributed by atoms with Crippen LogP contribution in [0.4, 0.5) is 0 Å². The van der Waals surface area contributed by atoms with Gasteiger partial charge in [-0.05, 0) is 49.1 Å². The predicted molar refractivity (Wildman–Crippen MR) is 108 cm³/mol. The Balaban J connectivity index is 1.53. The van der Waals surface area contributed by atoms with Crippen LogP contribution in [0.2, 0.25) is 0 Å². The van der Waals surface area contributed by atoms with Gasteiger partial charge in [0.1, 0.15) is 0 Å². The number of likely N-dealkylation sites (tertiary alicyclic amines) is 1. The molecule has 0 saturated carbocycles. The maximum absolute atomic E-state index is 11.5. The van der Waals surface area contributed by atoms with Crippen molar-refractivity contribution in [2.75, 3.05) is 6.54 Å². The van der Waals surface area contributed by atoms with Gasteiger partial charge in [-0.25, -0.2) is 4.79 Å². The summed E-state index contributed by atoms with van der Waals surface area (Å²) in [5, 5.41) is 9.41. The monoisotopic (exact) mass is 373 g/mol. The fourth-order valence-electron chi connectivity index (χ4n) is 3.94. The summed E-state index contributed by atoms with van der Waals surface area (Å²) in [5.74, 6) is -0.904. The minimum atomic E-state index is -0.904. The number of carboxylic acids is 1. The van der Waals surface area contributed by atoms with Crippen molar-refractivity contribution in [3.05, 3.63) is 83.4 Å². The van der Waals surface area contributed by atoms with E-state index in [0.29, 0.717) is 11.6 Å². The molecule has 0 spiro atoms. The summed E-state index contributed by atoms with van der Waals surface area (Å²) in [6, 6.07) is 15.6. The highest BCUT2D eigenvalue weighted by atomic mass is 16.4. The molecule has 0 amide bonds. The van der Waals surface area contributed by atoms with Crippen LogP contribution >= 0.6 is 0 Å². The summed E-state index contributed by atoms with van der Waals surface area (Å²) < 4.78 is 0. The van der Waals surface area contributed by atoms with E-state index in [0.717, 1.165) is 48.4 Å². The van der Waals surface area contributed by atoms with Gasteiger partial charge in [0, 0.05) is 18.9 Å². The zero-order chi connectivity index (χ0) is 19.5. The van der Waals surface area contributed by atoms with Crippen molar-refractivity contribution in [2.24, 2.45) is 0 Å². The van der Waals surface area contributed by atoms with Crippen LogP contribution in [0.25, 0.3) is 11.1 Å². The molecule has 4 rings (SSSR count). The first-order valence-electron chi connectivity index (χ1n) is 9.56. The topological polar surface area (TPSA) is 66.3 Å². The number of hydrogen-bond donors (Lipinski definition) is 1. The second-order valence-corrected chi connectivity index (χ2v) is 7.26. The van der Waals surface area contributed by atoms with Crippen molar-refractivity contribution in [2.45, 2.75) is 32.4 Å². The molecular formula is C23H23N3O2. The Labute approximate surface area is 164 Å². The third-order valence-corrected chi connectivity index (χ3v) is 5.29. The molecule has 0 radical (unpaired) electrons. The number of aromatic carboxylic acids is 1. The van der Waals surface area contributed by atoms with Gasteiger partial charge in [-0.3, -0.25) is 14.9 Å². The molecule has 1 saturated heterocycles. The highest BCUT2D eigenvalue weighted by molar-refractivity contribution is 5.95. The molecule has 1 atom stereocenters. The molecule has 142 valence electrons. The van der Waals surface area contributed by atoms with E-state index in [-0.39, 0.29) is 0 Å². The summed E-state index contributed by atoms with van der Waals surface area (Å²) in [6.45, 7) is 3.87. The number of carbonyl (C=O) groups is 1. The Morgan fingerprint density at radius 3 is 2.68 bits per heavy atom. The Bertz CT molecular complexity index is 985. The molecule has 3 aromatic rings. The summed E-state index contributed by atoms with van der Waals surface area (Å²) in [4.78, 5) is 22.9. The maximum atomic E-state index is 11.5. The van der Waals surface area contributed by atoms with Crippen LogP contribution in [-0.2, 0) is 6.54 Å². The molecule has 1 aromatic heterocycles. The van der Waals surface area contributed by atoms with Crippen molar-refractivity contribution in [1.82, 2.24) is 14.9 Å². The fourth-order valence-corrected chi connectivity index (χ4v) is 3.94. The van der Waals surface area contributed by atoms with E-state index in [4.69, 9.17) is 0 Å². The van der Waals surface area contributed by atoms with E-state index >= 15 is 0 Å².